The zero-order valence-corrected chi connectivity index (χ0v) is 20.8. The summed E-state index contributed by atoms with van der Waals surface area (Å²) in [6.07, 6.45) is 1.14. The minimum Gasteiger partial charge on any atom is -0.488 e. The van der Waals surface area contributed by atoms with Crippen molar-refractivity contribution in [3.8, 4) is 28.5 Å². The van der Waals surface area contributed by atoms with E-state index in [0.29, 0.717) is 40.7 Å². The second kappa shape index (κ2) is 10.5. The Bertz CT molecular complexity index is 1350. The molecule has 2 aromatic carbocycles. The summed E-state index contributed by atoms with van der Waals surface area (Å²) >= 11 is 0. The second-order valence-electron chi connectivity index (χ2n) is 9.43. The number of anilines is 1. The van der Waals surface area contributed by atoms with Crippen LogP contribution in [-0.2, 0) is 9.47 Å². The van der Waals surface area contributed by atoms with Gasteiger partial charge in [-0.05, 0) is 24.6 Å². The Balaban J connectivity index is 1.16. The number of methoxy groups -OCH3 is 1. The lowest BCUT2D eigenvalue weighted by Crippen LogP contribution is -2.50. The third kappa shape index (κ3) is 4.92. The molecule has 2 aliphatic rings. The van der Waals surface area contributed by atoms with Crippen LogP contribution in [0.15, 0.2) is 47.0 Å². The van der Waals surface area contributed by atoms with Crippen molar-refractivity contribution in [2.24, 2.45) is 0 Å². The summed E-state index contributed by atoms with van der Waals surface area (Å²) in [4.78, 5) is 4.99. The summed E-state index contributed by atoms with van der Waals surface area (Å²) in [7, 11) is 1.57. The molecule has 0 atom stereocenters. The van der Waals surface area contributed by atoms with Crippen molar-refractivity contribution in [2.75, 3.05) is 64.6 Å². The molecule has 0 aliphatic carbocycles. The van der Waals surface area contributed by atoms with Gasteiger partial charge in [-0.3, -0.25) is 10.00 Å². The summed E-state index contributed by atoms with van der Waals surface area (Å²) in [6.45, 7) is 6.59. The lowest BCUT2D eigenvalue weighted by Gasteiger charge is -2.36. The Hall–Kier alpha value is -3.47. The quantitative estimate of drug-likeness (QED) is 0.359. The maximum atomic E-state index is 14.6. The maximum Gasteiger partial charge on any atom is 0.188 e. The van der Waals surface area contributed by atoms with Crippen molar-refractivity contribution < 1.29 is 23.1 Å². The summed E-state index contributed by atoms with van der Waals surface area (Å²) in [5, 5.41) is 12.1. The van der Waals surface area contributed by atoms with Gasteiger partial charge < -0.3 is 23.6 Å². The molecule has 194 valence electrons. The van der Waals surface area contributed by atoms with Crippen LogP contribution < -0.4 is 9.64 Å². The highest BCUT2D eigenvalue weighted by atomic mass is 19.1. The number of nitrogens with one attached hydrogen (secondary N) is 1. The molecule has 4 heterocycles. The van der Waals surface area contributed by atoms with Crippen LogP contribution in [-0.4, -0.2) is 86.0 Å². The normalized spacial score (nSPS) is 17.2. The molecule has 2 aliphatic heterocycles. The number of H-pyrrole nitrogens is 1. The Morgan fingerprint density at radius 1 is 1.05 bits per heavy atom. The summed E-state index contributed by atoms with van der Waals surface area (Å²) in [5.74, 6) is 0.136. The van der Waals surface area contributed by atoms with Gasteiger partial charge >= 0.3 is 0 Å². The number of nitrogens with zero attached hydrogens (tertiary/aromatic N) is 4. The lowest BCUT2D eigenvalue weighted by molar-refractivity contribution is -0.0625. The van der Waals surface area contributed by atoms with E-state index in [1.54, 1.807) is 13.2 Å². The number of rotatable bonds is 8. The van der Waals surface area contributed by atoms with Crippen LogP contribution in [0.1, 0.15) is 6.42 Å². The van der Waals surface area contributed by atoms with Crippen LogP contribution in [0.3, 0.4) is 0 Å². The summed E-state index contributed by atoms with van der Waals surface area (Å²) in [6, 6.07) is 13.8. The molecule has 0 unspecified atom stereocenters. The van der Waals surface area contributed by atoms with Gasteiger partial charge in [-0.15, -0.1) is 0 Å². The fourth-order valence-corrected chi connectivity index (χ4v) is 4.91. The van der Waals surface area contributed by atoms with Crippen molar-refractivity contribution >= 4 is 16.6 Å². The first-order valence-corrected chi connectivity index (χ1v) is 12.6. The van der Waals surface area contributed by atoms with E-state index in [4.69, 9.17) is 18.7 Å². The Morgan fingerprint density at radius 3 is 2.70 bits per heavy atom. The standard InChI is InChI=1S/C27H30FN5O4/c1-34-11-12-36-25-15-24-21(13-22(25)28)27(30-29-24)26-14-23(31-37-26)18-3-5-19(6-4-18)32-7-2-8-33(10-9-32)20-16-35-17-20/h3-6,13-15,20H,2,7-12,16-17H2,1H3,(H,29,30). The van der Waals surface area contributed by atoms with E-state index < -0.39 is 5.82 Å². The van der Waals surface area contributed by atoms with E-state index in [2.05, 4.69) is 49.4 Å². The topological polar surface area (TPSA) is 88.9 Å². The molecule has 37 heavy (non-hydrogen) atoms. The highest BCUT2D eigenvalue weighted by molar-refractivity contribution is 5.92. The van der Waals surface area contributed by atoms with Gasteiger partial charge in [-0.1, -0.05) is 17.3 Å². The lowest BCUT2D eigenvalue weighted by atomic mass is 10.1. The third-order valence-corrected chi connectivity index (χ3v) is 7.10. The number of halogens is 1. The van der Waals surface area contributed by atoms with Gasteiger partial charge in [0.2, 0.25) is 0 Å². The molecular formula is C27H30FN5O4. The molecular weight excluding hydrogens is 477 g/mol. The predicted molar refractivity (Wildman–Crippen MR) is 137 cm³/mol. The van der Waals surface area contributed by atoms with Gasteiger partial charge in [0.1, 0.15) is 18.0 Å². The van der Waals surface area contributed by atoms with Crippen molar-refractivity contribution in [2.45, 2.75) is 12.5 Å². The smallest absolute Gasteiger partial charge is 0.188 e. The number of aromatic nitrogens is 3. The molecule has 9 nitrogen and oxygen atoms in total. The number of hydrogen-bond donors (Lipinski definition) is 1. The number of ether oxygens (including phenoxy) is 3. The first-order chi connectivity index (χ1) is 18.2. The number of fused-ring (bicyclic) bond motifs is 1. The predicted octanol–water partition coefficient (Wildman–Crippen LogP) is 3.96. The Kier molecular flexibility index (Phi) is 6.77. The molecule has 0 radical (unpaired) electrons. The van der Waals surface area contributed by atoms with E-state index in [1.165, 1.54) is 11.8 Å². The molecule has 0 bridgehead atoms. The van der Waals surface area contributed by atoms with Crippen LogP contribution in [0.2, 0.25) is 0 Å². The molecule has 1 N–H and O–H groups in total. The molecule has 2 saturated heterocycles. The van der Waals surface area contributed by atoms with Gasteiger partial charge in [0.15, 0.2) is 17.3 Å². The van der Waals surface area contributed by atoms with Crippen molar-refractivity contribution in [3.63, 3.8) is 0 Å². The van der Waals surface area contributed by atoms with Crippen LogP contribution in [0.4, 0.5) is 10.1 Å². The first-order valence-electron chi connectivity index (χ1n) is 12.6. The minimum atomic E-state index is -0.473. The van der Waals surface area contributed by atoms with Crippen LogP contribution in [0, 0.1) is 5.82 Å². The van der Waals surface area contributed by atoms with E-state index >= 15 is 0 Å². The fourth-order valence-electron chi connectivity index (χ4n) is 4.91. The second-order valence-corrected chi connectivity index (χ2v) is 9.43. The highest BCUT2D eigenvalue weighted by Crippen LogP contribution is 2.33. The van der Waals surface area contributed by atoms with Gasteiger partial charge in [0, 0.05) is 62.1 Å². The Labute approximate surface area is 214 Å². The third-order valence-electron chi connectivity index (χ3n) is 7.10. The molecule has 4 aromatic rings. The Morgan fingerprint density at radius 2 is 1.92 bits per heavy atom. The van der Waals surface area contributed by atoms with Crippen LogP contribution in [0.5, 0.6) is 5.75 Å². The van der Waals surface area contributed by atoms with E-state index in [9.17, 15) is 4.39 Å². The fraction of sp³-hybridized carbons (Fsp3) is 0.407. The van der Waals surface area contributed by atoms with Gasteiger partial charge in [0.05, 0.1) is 31.4 Å². The molecule has 0 amide bonds. The summed E-state index contributed by atoms with van der Waals surface area (Å²) in [5.41, 5.74) is 3.99. The maximum absolute atomic E-state index is 14.6. The number of aromatic amines is 1. The zero-order valence-electron chi connectivity index (χ0n) is 20.8. The molecule has 10 heteroatoms. The average Bonchev–Trinajstić information content (AvgIpc) is 3.45. The number of benzene rings is 2. The molecule has 2 fully saturated rings. The molecule has 2 aromatic heterocycles. The van der Waals surface area contributed by atoms with E-state index in [0.717, 1.165) is 51.4 Å². The first kappa shape index (κ1) is 23.9. The molecule has 6 rings (SSSR count). The monoisotopic (exact) mass is 507 g/mol. The van der Waals surface area contributed by atoms with Crippen molar-refractivity contribution in [1.82, 2.24) is 20.3 Å². The SMILES string of the molecule is COCCOc1cc2[nH]nc(-c3cc(-c4ccc(N5CCCN(C6COC6)CC5)cc4)no3)c2cc1F. The largest absolute Gasteiger partial charge is 0.488 e. The molecule has 0 spiro atoms. The number of hydrogen-bond acceptors (Lipinski definition) is 8. The van der Waals surface area contributed by atoms with Crippen molar-refractivity contribution in [1.29, 1.82) is 0 Å². The summed E-state index contributed by atoms with van der Waals surface area (Å²) < 4.78 is 36.0. The molecule has 0 saturated carbocycles. The van der Waals surface area contributed by atoms with Crippen LogP contribution in [0.25, 0.3) is 33.6 Å². The van der Waals surface area contributed by atoms with E-state index in [-0.39, 0.29) is 12.4 Å². The van der Waals surface area contributed by atoms with Crippen LogP contribution >= 0.6 is 0 Å². The van der Waals surface area contributed by atoms with Gasteiger partial charge in [-0.2, -0.15) is 5.10 Å². The minimum absolute atomic E-state index is 0.146. The zero-order chi connectivity index (χ0) is 25.2. The van der Waals surface area contributed by atoms with Gasteiger partial charge in [-0.25, -0.2) is 4.39 Å². The van der Waals surface area contributed by atoms with E-state index in [1.807, 2.05) is 6.07 Å². The van der Waals surface area contributed by atoms with Crippen molar-refractivity contribution in [3.05, 3.63) is 48.3 Å². The average molecular weight is 508 g/mol. The highest BCUT2D eigenvalue weighted by Gasteiger charge is 2.27. The van der Waals surface area contributed by atoms with Gasteiger partial charge in [0.25, 0.3) is 0 Å².